The average Bonchev–Trinajstić information content (AvgIpc) is 3.34. The molecule has 2 amide bonds. The molecular weight excluding hydrogens is 428 g/mol. The molecule has 0 aliphatic carbocycles. The first-order valence-corrected chi connectivity index (χ1v) is 10.7. The van der Waals surface area contributed by atoms with Crippen molar-refractivity contribution in [3.63, 3.8) is 0 Å². The molecule has 0 spiro atoms. The maximum absolute atomic E-state index is 13.7. The predicted molar refractivity (Wildman–Crippen MR) is 111 cm³/mol. The summed E-state index contributed by atoms with van der Waals surface area (Å²) in [4.78, 5) is 32.1. The first-order valence-electron chi connectivity index (χ1n) is 9.55. The van der Waals surface area contributed by atoms with Gasteiger partial charge in [0.05, 0.1) is 42.7 Å². The second-order valence-corrected chi connectivity index (χ2v) is 8.41. The van der Waals surface area contributed by atoms with Gasteiger partial charge in [0, 0.05) is 23.0 Å². The average molecular weight is 447 g/mol. The van der Waals surface area contributed by atoms with Crippen molar-refractivity contribution in [2.45, 2.75) is 18.1 Å². The molecule has 2 aliphatic heterocycles. The number of nitriles is 1. The number of nitrogens with one attached hydrogen (secondary N) is 1. The van der Waals surface area contributed by atoms with Gasteiger partial charge in [-0.05, 0) is 24.3 Å². The number of hydrogen-bond donors (Lipinski definition) is 2. The number of fused-ring (bicyclic) bond motifs is 1. The highest BCUT2D eigenvalue weighted by atomic mass is 32.2. The van der Waals surface area contributed by atoms with Crippen LogP contribution in [0.5, 0.6) is 0 Å². The van der Waals surface area contributed by atoms with E-state index in [9.17, 15) is 23.5 Å². The molecule has 8 nitrogen and oxygen atoms in total. The van der Waals surface area contributed by atoms with Crippen molar-refractivity contribution >= 4 is 40.2 Å². The van der Waals surface area contributed by atoms with Crippen molar-refractivity contribution in [1.29, 1.82) is 5.26 Å². The van der Waals surface area contributed by atoms with Gasteiger partial charge < -0.3 is 20.2 Å². The van der Waals surface area contributed by atoms with Gasteiger partial charge in [-0.25, -0.2) is 8.78 Å². The number of aliphatic hydroxyl groups excluding tert-OH is 1. The Morgan fingerprint density at radius 3 is 2.90 bits per heavy atom. The zero-order valence-corrected chi connectivity index (χ0v) is 17.1. The number of nitrogens with zero attached hydrogens (tertiary/aromatic N) is 4. The maximum Gasteiger partial charge on any atom is 0.292 e. The molecule has 0 saturated carbocycles. The van der Waals surface area contributed by atoms with Crippen LogP contribution < -0.4 is 10.2 Å². The first-order chi connectivity index (χ1) is 14.8. The summed E-state index contributed by atoms with van der Waals surface area (Å²) in [6.45, 7) is -1.10. The molecule has 0 radical (unpaired) electrons. The molecule has 162 valence electrons. The third kappa shape index (κ3) is 4.13. The van der Waals surface area contributed by atoms with Crippen LogP contribution in [-0.4, -0.2) is 76.1 Å². The molecule has 0 bridgehead atoms. The lowest BCUT2D eigenvalue weighted by atomic mass is 10.1. The number of hydrogen-bond acceptors (Lipinski definition) is 7. The Kier molecular flexibility index (Phi) is 5.68. The maximum atomic E-state index is 13.7. The summed E-state index contributed by atoms with van der Waals surface area (Å²) in [6, 6.07) is 7.86. The SMILES string of the molecule is N#C[C@@H]1CSCN1C(=O)CNC(=O)c1ccnc2ccc(N3CC(O)C(F)(F)C3)cc12. The minimum Gasteiger partial charge on any atom is -0.385 e. The van der Waals surface area contributed by atoms with E-state index >= 15 is 0 Å². The quantitative estimate of drug-likeness (QED) is 0.725. The van der Waals surface area contributed by atoms with Crippen molar-refractivity contribution < 1.29 is 23.5 Å². The normalized spacial score (nSPS) is 22.5. The standard InChI is InChI=1S/C20H19F2N5O3S/c21-20(22)10-26(8-17(20)28)12-1-2-16-15(5-12)14(3-4-24-16)19(30)25-7-18(29)27-11-31-9-13(27)6-23/h1-5,13,17,28H,7-11H2,(H,25,30)/t13-,17?/m1/s1. The number of aromatic nitrogens is 1. The minimum absolute atomic E-state index is 0.220. The number of pyridine rings is 1. The fourth-order valence-corrected chi connectivity index (χ4v) is 4.74. The van der Waals surface area contributed by atoms with Gasteiger partial charge in [-0.1, -0.05) is 0 Å². The molecule has 4 rings (SSSR count). The number of thioether (sulfide) groups is 1. The lowest BCUT2D eigenvalue weighted by molar-refractivity contribution is -0.129. The molecule has 2 fully saturated rings. The van der Waals surface area contributed by atoms with Gasteiger partial charge >= 0.3 is 0 Å². The van der Waals surface area contributed by atoms with Gasteiger partial charge in [-0.3, -0.25) is 14.6 Å². The van der Waals surface area contributed by atoms with E-state index in [2.05, 4.69) is 16.4 Å². The summed E-state index contributed by atoms with van der Waals surface area (Å²) < 4.78 is 27.5. The summed E-state index contributed by atoms with van der Waals surface area (Å²) >= 11 is 1.48. The number of benzene rings is 1. The molecule has 2 aliphatic rings. The van der Waals surface area contributed by atoms with E-state index in [0.717, 1.165) is 0 Å². The zero-order valence-electron chi connectivity index (χ0n) is 16.3. The molecule has 11 heteroatoms. The molecule has 1 aromatic heterocycles. The topological polar surface area (TPSA) is 110 Å². The smallest absolute Gasteiger partial charge is 0.292 e. The number of halogens is 2. The van der Waals surface area contributed by atoms with Crippen LogP contribution in [0.25, 0.3) is 10.9 Å². The number of carbonyl (C=O) groups excluding carboxylic acids is 2. The number of alkyl halides is 2. The van der Waals surface area contributed by atoms with Crippen LogP contribution in [0.15, 0.2) is 30.5 Å². The number of rotatable bonds is 4. The van der Waals surface area contributed by atoms with E-state index in [4.69, 9.17) is 5.26 Å². The van der Waals surface area contributed by atoms with Gasteiger partial charge in [0.15, 0.2) is 0 Å². The van der Waals surface area contributed by atoms with Crippen LogP contribution in [0.4, 0.5) is 14.5 Å². The molecule has 2 N–H and O–H groups in total. The Labute approximate surface area is 180 Å². The van der Waals surface area contributed by atoms with Crippen molar-refractivity contribution in [1.82, 2.24) is 15.2 Å². The van der Waals surface area contributed by atoms with E-state index in [-0.39, 0.29) is 24.6 Å². The fraction of sp³-hybridized carbons (Fsp3) is 0.400. The van der Waals surface area contributed by atoms with E-state index in [1.165, 1.54) is 33.8 Å². The Bertz CT molecular complexity index is 1080. The monoisotopic (exact) mass is 447 g/mol. The second kappa shape index (κ2) is 8.28. The summed E-state index contributed by atoms with van der Waals surface area (Å²) in [5.41, 5.74) is 1.18. The van der Waals surface area contributed by atoms with E-state index in [0.29, 0.717) is 28.2 Å². The largest absolute Gasteiger partial charge is 0.385 e. The summed E-state index contributed by atoms with van der Waals surface area (Å²) in [5, 5.41) is 21.7. The summed E-state index contributed by atoms with van der Waals surface area (Å²) in [6.07, 6.45) is -0.304. The number of carbonyl (C=O) groups is 2. The Balaban J connectivity index is 1.53. The molecular formula is C20H19F2N5O3S. The summed E-state index contributed by atoms with van der Waals surface area (Å²) in [7, 11) is 0. The lowest BCUT2D eigenvalue weighted by Gasteiger charge is -2.19. The number of amides is 2. The highest BCUT2D eigenvalue weighted by molar-refractivity contribution is 7.99. The van der Waals surface area contributed by atoms with Crippen LogP contribution in [-0.2, 0) is 4.79 Å². The van der Waals surface area contributed by atoms with Gasteiger partial charge in [0.25, 0.3) is 11.8 Å². The van der Waals surface area contributed by atoms with Crippen molar-refractivity contribution in [3.05, 3.63) is 36.0 Å². The van der Waals surface area contributed by atoms with Crippen LogP contribution in [0, 0.1) is 11.3 Å². The van der Waals surface area contributed by atoms with Crippen molar-refractivity contribution in [3.8, 4) is 6.07 Å². The number of anilines is 1. The highest BCUT2D eigenvalue weighted by Crippen LogP contribution is 2.33. The molecule has 2 atom stereocenters. The fourth-order valence-electron chi connectivity index (χ4n) is 3.64. The lowest BCUT2D eigenvalue weighted by Crippen LogP contribution is -2.42. The highest BCUT2D eigenvalue weighted by Gasteiger charge is 2.47. The molecule has 2 saturated heterocycles. The number of aliphatic hydroxyl groups is 1. The van der Waals surface area contributed by atoms with Gasteiger partial charge in [-0.2, -0.15) is 5.26 Å². The third-order valence-corrected chi connectivity index (χ3v) is 6.38. The Morgan fingerprint density at radius 1 is 1.39 bits per heavy atom. The van der Waals surface area contributed by atoms with E-state index in [1.807, 2.05) is 0 Å². The van der Waals surface area contributed by atoms with E-state index < -0.39 is 30.5 Å². The Morgan fingerprint density at radius 2 is 2.19 bits per heavy atom. The van der Waals surface area contributed by atoms with E-state index in [1.54, 1.807) is 18.2 Å². The minimum atomic E-state index is -3.21. The Hall–Kier alpha value is -2.97. The molecule has 31 heavy (non-hydrogen) atoms. The first kappa shape index (κ1) is 21.3. The number of β-amino-alcohol motifs (C(OH)–C–C–N with tert-alkyl or cyclic N) is 1. The van der Waals surface area contributed by atoms with Gasteiger partial charge in [0.2, 0.25) is 5.91 Å². The predicted octanol–water partition coefficient (Wildman–Crippen LogP) is 1.21. The van der Waals surface area contributed by atoms with Crippen LogP contribution >= 0.6 is 11.8 Å². The van der Waals surface area contributed by atoms with Crippen LogP contribution in [0.2, 0.25) is 0 Å². The molecule has 3 heterocycles. The zero-order chi connectivity index (χ0) is 22.2. The van der Waals surface area contributed by atoms with Crippen LogP contribution in [0.1, 0.15) is 10.4 Å². The van der Waals surface area contributed by atoms with Crippen LogP contribution in [0.3, 0.4) is 0 Å². The second-order valence-electron chi connectivity index (χ2n) is 7.41. The van der Waals surface area contributed by atoms with Crippen molar-refractivity contribution in [2.24, 2.45) is 0 Å². The summed E-state index contributed by atoms with van der Waals surface area (Å²) in [5.74, 6) is -3.12. The van der Waals surface area contributed by atoms with Gasteiger partial charge in [0.1, 0.15) is 12.1 Å². The molecule has 1 aromatic carbocycles. The molecule has 1 unspecified atom stereocenters. The molecule has 2 aromatic rings. The van der Waals surface area contributed by atoms with Crippen molar-refractivity contribution in [2.75, 3.05) is 36.2 Å². The third-order valence-electron chi connectivity index (χ3n) is 5.37. The van der Waals surface area contributed by atoms with Gasteiger partial charge in [-0.15, -0.1) is 11.8 Å².